The summed E-state index contributed by atoms with van der Waals surface area (Å²) in [5, 5.41) is 3.40. The highest BCUT2D eigenvalue weighted by atomic mass is 19.2. The smallest absolute Gasteiger partial charge is 0.162 e. The van der Waals surface area contributed by atoms with Crippen LogP contribution in [0, 0.1) is 11.6 Å². The fraction of sp³-hybridized carbons (Fsp3) is 0.250. The van der Waals surface area contributed by atoms with E-state index in [9.17, 15) is 8.78 Å². The molecule has 0 aromatic heterocycles. The molecule has 0 amide bonds. The third-order valence-corrected chi connectivity index (χ3v) is 3.64. The first kappa shape index (κ1) is 12.2. The van der Waals surface area contributed by atoms with Gasteiger partial charge in [0.25, 0.3) is 0 Å². The Morgan fingerprint density at radius 1 is 1.05 bits per heavy atom. The predicted molar refractivity (Wildman–Crippen MR) is 72.2 cm³/mol. The maximum absolute atomic E-state index is 13.6. The fourth-order valence-corrected chi connectivity index (χ4v) is 2.63. The average Bonchev–Trinajstić information content (AvgIpc) is 2.44. The summed E-state index contributed by atoms with van der Waals surface area (Å²) in [5.41, 5.74) is 2.84. The molecule has 2 aromatic rings. The number of aryl methyl sites for hydroxylation is 1. The fourth-order valence-electron chi connectivity index (χ4n) is 2.63. The molecule has 1 atom stereocenters. The Balaban J connectivity index is 1.77. The Kier molecular flexibility index (Phi) is 3.20. The number of anilines is 1. The van der Waals surface area contributed by atoms with Crippen LogP contribution in [0.1, 0.15) is 17.5 Å². The number of hydrogen-bond acceptors (Lipinski definition) is 1. The zero-order valence-corrected chi connectivity index (χ0v) is 10.5. The molecule has 0 aliphatic carbocycles. The lowest BCUT2D eigenvalue weighted by atomic mass is 9.93. The van der Waals surface area contributed by atoms with E-state index in [-0.39, 0.29) is 6.04 Å². The summed E-state index contributed by atoms with van der Waals surface area (Å²) in [6.45, 7) is 0. The van der Waals surface area contributed by atoms with E-state index < -0.39 is 11.6 Å². The molecule has 19 heavy (non-hydrogen) atoms. The van der Waals surface area contributed by atoms with Crippen molar-refractivity contribution in [3.63, 3.8) is 0 Å². The molecule has 98 valence electrons. The largest absolute Gasteiger partial charge is 0.382 e. The molecule has 2 aromatic carbocycles. The highest BCUT2D eigenvalue weighted by molar-refractivity contribution is 5.53. The first-order chi connectivity index (χ1) is 9.24. The van der Waals surface area contributed by atoms with Gasteiger partial charge in [-0.1, -0.05) is 30.3 Å². The molecule has 0 spiro atoms. The van der Waals surface area contributed by atoms with E-state index in [4.69, 9.17) is 0 Å². The van der Waals surface area contributed by atoms with Gasteiger partial charge in [0, 0.05) is 11.7 Å². The zero-order chi connectivity index (χ0) is 13.2. The van der Waals surface area contributed by atoms with Gasteiger partial charge in [-0.2, -0.15) is 0 Å². The molecular formula is C16H15F2N. The molecule has 0 bridgehead atoms. The minimum Gasteiger partial charge on any atom is -0.382 e. The van der Waals surface area contributed by atoms with E-state index in [1.165, 1.54) is 5.56 Å². The average molecular weight is 259 g/mol. The molecule has 1 nitrogen and oxygen atoms in total. The summed E-state index contributed by atoms with van der Waals surface area (Å²) >= 11 is 0. The second-order valence-electron chi connectivity index (χ2n) is 4.95. The topological polar surface area (TPSA) is 12.0 Å². The van der Waals surface area contributed by atoms with Gasteiger partial charge in [-0.05, 0) is 42.5 Å². The normalized spacial score (nSPS) is 17.7. The third-order valence-electron chi connectivity index (χ3n) is 3.64. The van der Waals surface area contributed by atoms with Crippen molar-refractivity contribution in [3.05, 3.63) is 65.2 Å². The van der Waals surface area contributed by atoms with Crippen LogP contribution in [0.2, 0.25) is 0 Å². The molecule has 0 saturated carbocycles. The lowest BCUT2D eigenvalue weighted by Gasteiger charge is -2.27. The van der Waals surface area contributed by atoms with Gasteiger partial charge in [0.05, 0.1) is 0 Å². The minimum absolute atomic E-state index is 0.159. The molecule has 3 rings (SSSR count). The van der Waals surface area contributed by atoms with Crippen LogP contribution in [0.15, 0.2) is 42.5 Å². The van der Waals surface area contributed by atoms with Crippen LogP contribution in [0.4, 0.5) is 14.5 Å². The van der Waals surface area contributed by atoms with Crippen molar-refractivity contribution in [1.29, 1.82) is 0 Å². The van der Waals surface area contributed by atoms with Gasteiger partial charge in [-0.25, -0.2) is 8.78 Å². The van der Waals surface area contributed by atoms with E-state index in [0.29, 0.717) is 12.0 Å². The molecule has 3 heteroatoms. The number of nitrogens with one attached hydrogen (secondary N) is 1. The predicted octanol–water partition coefficient (Wildman–Crippen LogP) is 3.93. The van der Waals surface area contributed by atoms with E-state index in [1.807, 2.05) is 18.2 Å². The molecule has 0 saturated heterocycles. The van der Waals surface area contributed by atoms with E-state index >= 15 is 0 Å². The lowest BCUT2D eigenvalue weighted by molar-refractivity contribution is 0.492. The van der Waals surface area contributed by atoms with Gasteiger partial charge in [-0.3, -0.25) is 0 Å². The van der Waals surface area contributed by atoms with Gasteiger partial charge in [-0.15, -0.1) is 0 Å². The van der Waals surface area contributed by atoms with Crippen molar-refractivity contribution in [2.45, 2.75) is 25.3 Å². The number of hydrogen-bond donors (Lipinski definition) is 1. The SMILES string of the molecule is Fc1cccc(CC2CCc3ccccc3N2)c1F. The van der Waals surface area contributed by atoms with E-state index in [0.717, 1.165) is 24.6 Å². The summed E-state index contributed by atoms with van der Waals surface area (Å²) in [6, 6.07) is 12.7. The Bertz CT molecular complexity index is 595. The van der Waals surface area contributed by atoms with Crippen LogP contribution in [0.25, 0.3) is 0 Å². The van der Waals surface area contributed by atoms with Crippen molar-refractivity contribution in [2.24, 2.45) is 0 Å². The van der Waals surface area contributed by atoms with Gasteiger partial charge < -0.3 is 5.32 Å². The molecular weight excluding hydrogens is 244 g/mol. The number of fused-ring (bicyclic) bond motifs is 1. The number of para-hydroxylation sites is 1. The standard InChI is InChI=1S/C16H15F2N/c17-14-6-3-5-12(16(14)18)10-13-9-8-11-4-1-2-7-15(11)19-13/h1-7,13,19H,8-10H2. The summed E-state index contributed by atoms with van der Waals surface area (Å²) in [7, 11) is 0. The lowest BCUT2D eigenvalue weighted by Crippen LogP contribution is -2.28. The van der Waals surface area contributed by atoms with Crippen molar-refractivity contribution in [1.82, 2.24) is 0 Å². The first-order valence-electron chi connectivity index (χ1n) is 6.51. The Labute approximate surface area is 111 Å². The van der Waals surface area contributed by atoms with Crippen LogP contribution in [-0.4, -0.2) is 6.04 Å². The van der Waals surface area contributed by atoms with E-state index in [1.54, 1.807) is 12.1 Å². The van der Waals surface area contributed by atoms with Crippen molar-refractivity contribution >= 4 is 5.69 Å². The monoisotopic (exact) mass is 259 g/mol. The van der Waals surface area contributed by atoms with Crippen LogP contribution < -0.4 is 5.32 Å². The Hall–Kier alpha value is -1.90. The van der Waals surface area contributed by atoms with Crippen molar-refractivity contribution in [3.8, 4) is 0 Å². The minimum atomic E-state index is -0.770. The van der Waals surface area contributed by atoms with Crippen LogP contribution in [-0.2, 0) is 12.8 Å². The number of benzene rings is 2. The summed E-state index contributed by atoms with van der Waals surface area (Å²) in [5.74, 6) is -1.49. The molecule has 1 heterocycles. The third kappa shape index (κ3) is 2.46. The highest BCUT2D eigenvalue weighted by Gasteiger charge is 2.19. The first-order valence-corrected chi connectivity index (χ1v) is 6.51. The zero-order valence-electron chi connectivity index (χ0n) is 10.5. The van der Waals surface area contributed by atoms with Gasteiger partial charge in [0.1, 0.15) is 0 Å². The van der Waals surface area contributed by atoms with E-state index in [2.05, 4.69) is 11.4 Å². The van der Waals surface area contributed by atoms with Gasteiger partial charge in [0.2, 0.25) is 0 Å². The quantitative estimate of drug-likeness (QED) is 0.861. The summed E-state index contributed by atoms with van der Waals surface area (Å²) in [4.78, 5) is 0. The summed E-state index contributed by atoms with van der Waals surface area (Å²) < 4.78 is 26.8. The Morgan fingerprint density at radius 3 is 2.79 bits per heavy atom. The summed E-state index contributed by atoms with van der Waals surface area (Å²) in [6.07, 6.45) is 2.43. The maximum atomic E-state index is 13.6. The molecule has 1 aliphatic heterocycles. The molecule has 1 aliphatic rings. The van der Waals surface area contributed by atoms with Crippen LogP contribution in [0.3, 0.4) is 0 Å². The molecule has 0 fully saturated rings. The van der Waals surface area contributed by atoms with Crippen molar-refractivity contribution < 1.29 is 8.78 Å². The molecule has 1 unspecified atom stereocenters. The van der Waals surface area contributed by atoms with Gasteiger partial charge in [0.15, 0.2) is 11.6 Å². The number of halogens is 2. The van der Waals surface area contributed by atoms with Crippen LogP contribution >= 0.6 is 0 Å². The highest BCUT2D eigenvalue weighted by Crippen LogP contribution is 2.26. The van der Waals surface area contributed by atoms with Crippen LogP contribution in [0.5, 0.6) is 0 Å². The van der Waals surface area contributed by atoms with Crippen molar-refractivity contribution in [2.75, 3.05) is 5.32 Å². The van der Waals surface area contributed by atoms with Gasteiger partial charge >= 0.3 is 0 Å². The Morgan fingerprint density at radius 2 is 1.89 bits per heavy atom. The molecule has 1 N–H and O–H groups in total. The molecule has 0 radical (unpaired) electrons. The maximum Gasteiger partial charge on any atom is 0.162 e. The number of rotatable bonds is 2. The second kappa shape index (κ2) is 5.00. The second-order valence-corrected chi connectivity index (χ2v) is 4.95.